The lowest BCUT2D eigenvalue weighted by atomic mass is 9.97. The van der Waals surface area contributed by atoms with Crippen molar-refractivity contribution in [1.82, 2.24) is 4.31 Å². The molecule has 0 aromatic heterocycles. The summed E-state index contributed by atoms with van der Waals surface area (Å²) in [4.78, 5) is 12.6. The fourth-order valence-corrected chi connectivity index (χ4v) is 5.81. The van der Waals surface area contributed by atoms with Gasteiger partial charge >= 0.3 is 0 Å². The fraction of sp³-hybridized carbons (Fsp3) is 0.350. The molecule has 0 aliphatic carbocycles. The summed E-state index contributed by atoms with van der Waals surface area (Å²) in [7, 11) is -7.65. The number of primary sulfonamides is 1. The maximum Gasteiger partial charge on any atom is 0.246 e. The monoisotopic (exact) mass is 501 g/mol. The molecular formula is C20H24ClN3O6S2. The molecule has 0 saturated carbocycles. The molecule has 174 valence electrons. The zero-order chi connectivity index (χ0) is 23.5. The Morgan fingerprint density at radius 3 is 2.31 bits per heavy atom. The second kappa shape index (κ2) is 9.75. The van der Waals surface area contributed by atoms with Gasteiger partial charge in [-0.15, -0.1) is 0 Å². The van der Waals surface area contributed by atoms with Crippen LogP contribution >= 0.6 is 11.6 Å². The SMILES string of the molecule is CCOc1ccc(Cl)cc1S(=O)(=O)N1CCC(C(=O)Nc2ccc(S(N)(=O)=O)cc2)CC1. The highest BCUT2D eigenvalue weighted by atomic mass is 35.5. The molecule has 1 aliphatic heterocycles. The summed E-state index contributed by atoms with van der Waals surface area (Å²) < 4.78 is 55.7. The zero-order valence-electron chi connectivity index (χ0n) is 17.3. The van der Waals surface area contributed by atoms with E-state index in [1.54, 1.807) is 13.0 Å². The van der Waals surface area contributed by atoms with Gasteiger partial charge in [-0.3, -0.25) is 4.79 Å². The number of sulfonamides is 2. The summed E-state index contributed by atoms with van der Waals surface area (Å²) in [6.45, 7) is 2.41. The van der Waals surface area contributed by atoms with E-state index in [0.717, 1.165) is 0 Å². The molecule has 9 nitrogen and oxygen atoms in total. The minimum Gasteiger partial charge on any atom is -0.492 e. The van der Waals surface area contributed by atoms with E-state index in [-0.39, 0.29) is 45.5 Å². The predicted molar refractivity (Wildman–Crippen MR) is 121 cm³/mol. The van der Waals surface area contributed by atoms with E-state index >= 15 is 0 Å². The highest BCUT2D eigenvalue weighted by Gasteiger charge is 2.34. The minimum absolute atomic E-state index is 0.00435. The molecule has 1 aliphatic rings. The van der Waals surface area contributed by atoms with Crippen molar-refractivity contribution in [3.63, 3.8) is 0 Å². The lowest BCUT2D eigenvalue weighted by molar-refractivity contribution is -0.120. The molecule has 0 bridgehead atoms. The first-order chi connectivity index (χ1) is 15.0. The Bertz CT molecular complexity index is 1190. The minimum atomic E-state index is -3.84. The normalized spacial score (nSPS) is 16.0. The maximum atomic E-state index is 13.1. The Hall–Kier alpha value is -2.18. The standard InChI is InChI=1S/C20H24ClN3O6S2/c1-2-30-18-8-3-15(21)13-19(18)32(28,29)24-11-9-14(10-12-24)20(25)23-16-4-6-17(7-5-16)31(22,26)27/h3-8,13-14H,2,9-12H2,1H3,(H,23,25)(H2,22,26,27). The third-order valence-corrected chi connectivity index (χ3v) is 8.18. The summed E-state index contributed by atoms with van der Waals surface area (Å²) in [6, 6.07) is 9.98. The average molecular weight is 502 g/mol. The van der Waals surface area contributed by atoms with Crippen LogP contribution in [0.1, 0.15) is 19.8 Å². The second-order valence-corrected chi connectivity index (χ2v) is 11.2. The van der Waals surface area contributed by atoms with Gasteiger partial charge in [-0.05, 0) is 62.2 Å². The lowest BCUT2D eigenvalue weighted by Gasteiger charge is -2.31. The third kappa shape index (κ3) is 5.59. The van der Waals surface area contributed by atoms with Crippen molar-refractivity contribution < 1.29 is 26.4 Å². The summed E-state index contributed by atoms with van der Waals surface area (Å²) >= 11 is 6.01. The Kier molecular flexibility index (Phi) is 7.46. The Morgan fingerprint density at radius 2 is 1.75 bits per heavy atom. The van der Waals surface area contributed by atoms with Crippen LogP contribution in [0.4, 0.5) is 5.69 Å². The highest BCUT2D eigenvalue weighted by molar-refractivity contribution is 7.89. The van der Waals surface area contributed by atoms with Crippen molar-refractivity contribution in [2.45, 2.75) is 29.6 Å². The van der Waals surface area contributed by atoms with Gasteiger partial charge in [0.1, 0.15) is 10.6 Å². The molecule has 0 radical (unpaired) electrons. The quantitative estimate of drug-likeness (QED) is 0.598. The fourth-order valence-electron chi connectivity index (χ4n) is 3.43. The van der Waals surface area contributed by atoms with Crippen LogP contribution in [0.3, 0.4) is 0 Å². The number of nitrogens with two attached hydrogens (primary N) is 1. The van der Waals surface area contributed by atoms with E-state index in [1.807, 2.05) is 0 Å². The van der Waals surface area contributed by atoms with Crippen LogP contribution in [0.15, 0.2) is 52.3 Å². The number of benzene rings is 2. The molecule has 0 unspecified atom stereocenters. The molecule has 1 amide bonds. The van der Waals surface area contributed by atoms with Crippen molar-refractivity contribution in [2.24, 2.45) is 11.1 Å². The summed E-state index contributed by atoms with van der Waals surface area (Å²) in [5, 5.41) is 8.08. The van der Waals surface area contributed by atoms with Gasteiger partial charge in [0.2, 0.25) is 26.0 Å². The molecule has 1 heterocycles. The Balaban J connectivity index is 1.66. The van der Waals surface area contributed by atoms with Crippen LogP contribution in [0.2, 0.25) is 5.02 Å². The molecule has 0 spiro atoms. The highest BCUT2D eigenvalue weighted by Crippen LogP contribution is 2.32. The van der Waals surface area contributed by atoms with Gasteiger partial charge in [0.15, 0.2) is 0 Å². The molecule has 1 fully saturated rings. The molecule has 2 aromatic carbocycles. The number of piperidine rings is 1. The van der Waals surface area contributed by atoms with E-state index in [2.05, 4.69) is 5.32 Å². The van der Waals surface area contributed by atoms with Crippen LogP contribution in [0, 0.1) is 5.92 Å². The van der Waals surface area contributed by atoms with E-state index < -0.39 is 20.0 Å². The summed E-state index contributed by atoms with van der Waals surface area (Å²) in [5.74, 6) is -0.409. The molecule has 12 heteroatoms. The van der Waals surface area contributed by atoms with Crippen LogP contribution in [-0.4, -0.2) is 46.7 Å². The first-order valence-electron chi connectivity index (χ1n) is 9.88. The number of amides is 1. The van der Waals surface area contributed by atoms with Gasteiger partial charge in [-0.25, -0.2) is 22.0 Å². The number of nitrogens with zero attached hydrogens (tertiary/aromatic N) is 1. The lowest BCUT2D eigenvalue weighted by Crippen LogP contribution is -2.41. The van der Waals surface area contributed by atoms with Crippen LogP contribution in [0.5, 0.6) is 5.75 Å². The van der Waals surface area contributed by atoms with Crippen LogP contribution in [0.25, 0.3) is 0 Å². The zero-order valence-corrected chi connectivity index (χ0v) is 19.7. The summed E-state index contributed by atoms with van der Waals surface area (Å²) in [5.41, 5.74) is 0.428. The molecule has 3 N–H and O–H groups in total. The Labute approximate surface area is 192 Å². The maximum absolute atomic E-state index is 13.1. The number of rotatable bonds is 7. The average Bonchev–Trinajstić information content (AvgIpc) is 2.75. The van der Waals surface area contributed by atoms with E-state index in [1.165, 1.54) is 40.7 Å². The van der Waals surface area contributed by atoms with E-state index in [9.17, 15) is 21.6 Å². The van der Waals surface area contributed by atoms with Crippen molar-refractivity contribution >= 4 is 43.2 Å². The Morgan fingerprint density at radius 1 is 1.12 bits per heavy atom. The largest absolute Gasteiger partial charge is 0.492 e. The molecule has 3 rings (SSSR count). The number of ether oxygens (including phenoxy) is 1. The van der Waals surface area contributed by atoms with Gasteiger partial charge in [-0.1, -0.05) is 11.6 Å². The number of hydrogen-bond donors (Lipinski definition) is 2. The van der Waals surface area contributed by atoms with Gasteiger partial charge in [-0.2, -0.15) is 4.31 Å². The molecule has 1 saturated heterocycles. The molecule has 32 heavy (non-hydrogen) atoms. The number of carbonyl (C=O) groups is 1. The van der Waals surface area contributed by atoms with Crippen molar-refractivity contribution in [3.05, 3.63) is 47.5 Å². The topological polar surface area (TPSA) is 136 Å². The summed E-state index contributed by atoms with van der Waals surface area (Å²) in [6.07, 6.45) is 0.676. The predicted octanol–water partition coefficient (Wildman–Crippen LogP) is 2.43. The number of halogens is 1. The molecule has 2 aromatic rings. The van der Waals surface area contributed by atoms with Crippen molar-refractivity contribution in [2.75, 3.05) is 25.0 Å². The first-order valence-corrected chi connectivity index (χ1v) is 13.2. The van der Waals surface area contributed by atoms with Crippen molar-refractivity contribution in [1.29, 1.82) is 0 Å². The molecular weight excluding hydrogens is 478 g/mol. The van der Waals surface area contributed by atoms with Crippen LogP contribution < -0.4 is 15.2 Å². The van der Waals surface area contributed by atoms with Crippen molar-refractivity contribution in [3.8, 4) is 5.75 Å². The van der Waals surface area contributed by atoms with E-state index in [0.29, 0.717) is 25.1 Å². The van der Waals surface area contributed by atoms with Gasteiger partial charge in [0.25, 0.3) is 0 Å². The third-order valence-electron chi connectivity index (χ3n) is 5.10. The van der Waals surface area contributed by atoms with Gasteiger partial charge in [0.05, 0.1) is 11.5 Å². The smallest absolute Gasteiger partial charge is 0.246 e. The number of hydrogen-bond acceptors (Lipinski definition) is 6. The van der Waals surface area contributed by atoms with Gasteiger partial charge in [0, 0.05) is 29.7 Å². The first kappa shape index (κ1) is 24.5. The van der Waals surface area contributed by atoms with Gasteiger partial charge < -0.3 is 10.1 Å². The number of anilines is 1. The molecule has 0 atom stereocenters. The number of nitrogens with one attached hydrogen (secondary N) is 1. The second-order valence-electron chi connectivity index (χ2n) is 7.26. The van der Waals surface area contributed by atoms with Crippen LogP contribution in [-0.2, 0) is 24.8 Å². The van der Waals surface area contributed by atoms with E-state index in [4.69, 9.17) is 21.5 Å². The number of carbonyl (C=O) groups excluding carboxylic acids is 1.